The fourth-order valence-electron chi connectivity index (χ4n) is 2.97. The van der Waals surface area contributed by atoms with E-state index in [2.05, 4.69) is 36.8 Å². The third-order valence-corrected chi connectivity index (χ3v) is 4.13. The molecule has 1 saturated heterocycles. The molecule has 0 spiro atoms. The number of piperidine rings is 1. The average molecular weight is 293 g/mol. The zero-order valence-electron chi connectivity index (χ0n) is 11.2. The van der Waals surface area contributed by atoms with Crippen molar-refractivity contribution >= 4 is 29.2 Å². The van der Waals surface area contributed by atoms with Crippen molar-refractivity contribution < 1.29 is 0 Å². The smallest absolute Gasteiger partial charge is 0.179 e. The van der Waals surface area contributed by atoms with E-state index in [4.69, 9.17) is 0 Å². The van der Waals surface area contributed by atoms with Gasteiger partial charge in [-0.2, -0.15) is 0 Å². The van der Waals surface area contributed by atoms with Gasteiger partial charge in [0, 0.05) is 18.7 Å². The molecule has 3 aromatic rings. The average Bonchev–Trinajstić information content (AvgIpc) is 3.04. The van der Waals surface area contributed by atoms with Crippen LogP contribution in [0.2, 0.25) is 0 Å². The van der Waals surface area contributed by atoms with E-state index >= 15 is 0 Å². The van der Waals surface area contributed by atoms with Gasteiger partial charge in [0.2, 0.25) is 0 Å². The number of aromatic amines is 1. The first-order valence-corrected chi connectivity index (χ1v) is 6.72. The summed E-state index contributed by atoms with van der Waals surface area (Å²) in [6, 6.07) is 2.03. The quantitative estimate of drug-likeness (QED) is 0.717. The molecule has 3 aromatic heterocycles. The molecule has 4 heterocycles. The Kier molecular flexibility index (Phi) is 3.35. The Morgan fingerprint density at radius 1 is 1.35 bits per heavy atom. The number of hydrogen-bond donors (Lipinski definition) is 2. The maximum absolute atomic E-state index is 4.42. The number of fused-ring (bicyclic) bond motifs is 3. The second-order valence-electron chi connectivity index (χ2n) is 5.30. The molecule has 0 unspecified atom stereocenters. The Morgan fingerprint density at radius 2 is 2.25 bits per heavy atom. The summed E-state index contributed by atoms with van der Waals surface area (Å²) < 4.78 is 2.13. The van der Waals surface area contributed by atoms with Crippen LogP contribution in [0.5, 0.6) is 0 Å². The van der Waals surface area contributed by atoms with Gasteiger partial charge in [-0.1, -0.05) is 6.92 Å². The van der Waals surface area contributed by atoms with E-state index in [-0.39, 0.29) is 12.4 Å². The van der Waals surface area contributed by atoms with Crippen LogP contribution in [0.15, 0.2) is 18.5 Å². The third kappa shape index (κ3) is 1.87. The first-order chi connectivity index (χ1) is 9.34. The zero-order chi connectivity index (χ0) is 12.8. The van der Waals surface area contributed by atoms with Crippen LogP contribution in [-0.4, -0.2) is 37.7 Å². The number of nitrogens with one attached hydrogen (secondary N) is 2. The van der Waals surface area contributed by atoms with Crippen molar-refractivity contribution in [2.75, 3.05) is 13.1 Å². The fraction of sp³-hybridized carbons (Fsp3) is 0.462. The van der Waals surface area contributed by atoms with Gasteiger partial charge in [0.25, 0.3) is 0 Å². The topological polar surface area (TPSA) is 70.9 Å². The second kappa shape index (κ2) is 5.03. The lowest BCUT2D eigenvalue weighted by molar-refractivity contribution is 0.336. The van der Waals surface area contributed by atoms with Crippen molar-refractivity contribution in [2.45, 2.75) is 19.3 Å². The van der Waals surface area contributed by atoms with Crippen LogP contribution >= 0.6 is 12.4 Å². The van der Waals surface area contributed by atoms with Crippen LogP contribution in [0.4, 0.5) is 0 Å². The van der Waals surface area contributed by atoms with E-state index in [0.717, 1.165) is 35.7 Å². The molecular formula is C13H17ClN6. The lowest BCUT2D eigenvalue weighted by atomic mass is 9.87. The largest absolute Gasteiger partial charge is 0.345 e. The summed E-state index contributed by atoms with van der Waals surface area (Å²) in [5, 5.41) is 12.1. The van der Waals surface area contributed by atoms with Gasteiger partial charge in [0.05, 0.1) is 11.7 Å². The number of rotatable bonds is 1. The minimum absolute atomic E-state index is 0. The third-order valence-electron chi connectivity index (χ3n) is 4.13. The van der Waals surface area contributed by atoms with Gasteiger partial charge >= 0.3 is 0 Å². The highest BCUT2D eigenvalue weighted by molar-refractivity contribution is 5.85. The maximum atomic E-state index is 4.42. The minimum Gasteiger partial charge on any atom is -0.345 e. The van der Waals surface area contributed by atoms with Gasteiger partial charge in [0.1, 0.15) is 5.82 Å². The minimum atomic E-state index is 0. The standard InChI is InChI=1S/C13H16N6.ClH/c1-8-2-4-14-6-9(8)13-18-17-11-7-16-12-10(19(11)13)3-5-15-12;/h3,5,7-9,14-15H,2,4,6H2,1H3;1H/t8-,9+;/m1./s1. The summed E-state index contributed by atoms with van der Waals surface area (Å²) >= 11 is 0. The van der Waals surface area contributed by atoms with Crippen molar-refractivity contribution in [3.8, 4) is 0 Å². The normalized spacial score (nSPS) is 23.1. The molecule has 0 radical (unpaired) electrons. The molecule has 1 aliphatic rings. The Labute approximate surface area is 122 Å². The molecule has 4 rings (SSSR count). The molecule has 0 bridgehead atoms. The molecular weight excluding hydrogens is 276 g/mol. The van der Waals surface area contributed by atoms with Crippen LogP contribution in [0.25, 0.3) is 16.8 Å². The summed E-state index contributed by atoms with van der Waals surface area (Å²) in [6.07, 6.45) is 4.86. The van der Waals surface area contributed by atoms with E-state index in [1.165, 1.54) is 6.42 Å². The van der Waals surface area contributed by atoms with Gasteiger partial charge in [-0.15, -0.1) is 22.6 Å². The van der Waals surface area contributed by atoms with Crippen molar-refractivity contribution in [2.24, 2.45) is 5.92 Å². The molecule has 20 heavy (non-hydrogen) atoms. The summed E-state index contributed by atoms with van der Waals surface area (Å²) in [7, 11) is 0. The first kappa shape index (κ1) is 13.3. The second-order valence-corrected chi connectivity index (χ2v) is 5.30. The summed E-state index contributed by atoms with van der Waals surface area (Å²) in [6.45, 7) is 4.35. The molecule has 1 aliphatic heterocycles. The lowest BCUT2D eigenvalue weighted by Crippen LogP contribution is -2.34. The van der Waals surface area contributed by atoms with Crippen LogP contribution < -0.4 is 5.32 Å². The number of aromatic nitrogens is 5. The Bertz CT molecular complexity index is 733. The predicted molar refractivity (Wildman–Crippen MR) is 79.3 cm³/mol. The SMILES string of the molecule is C[C@@H]1CCNC[C@@H]1c1nnc2cnc3[nH]ccc3n12.Cl. The molecule has 1 fully saturated rings. The zero-order valence-corrected chi connectivity index (χ0v) is 12.0. The van der Waals surface area contributed by atoms with E-state index in [0.29, 0.717) is 11.8 Å². The molecule has 2 atom stereocenters. The Balaban J connectivity index is 0.00000121. The van der Waals surface area contributed by atoms with E-state index in [1.54, 1.807) is 6.20 Å². The summed E-state index contributed by atoms with van der Waals surface area (Å²) in [5.41, 5.74) is 2.75. The molecule has 2 N–H and O–H groups in total. The molecule has 0 aromatic carbocycles. The molecule has 0 aliphatic carbocycles. The van der Waals surface area contributed by atoms with Gasteiger partial charge in [-0.25, -0.2) is 4.98 Å². The van der Waals surface area contributed by atoms with E-state index < -0.39 is 0 Å². The van der Waals surface area contributed by atoms with Gasteiger partial charge in [0.15, 0.2) is 11.3 Å². The highest BCUT2D eigenvalue weighted by atomic mass is 35.5. The van der Waals surface area contributed by atoms with E-state index in [1.807, 2.05) is 12.3 Å². The Hall–Kier alpha value is -1.66. The molecule has 6 nitrogen and oxygen atoms in total. The lowest BCUT2D eigenvalue weighted by Gasteiger charge is -2.28. The number of nitrogens with zero attached hydrogens (tertiary/aromatic N) is 4. The predicted octanol–water partition coefficient (Wildman–Crippen LogP) is 1.74. The van der Waals surface area contributed by atoms with Gasteiger partial charge in [-0.3, -0.25) is 4.40 Å². The first-order valence-electron chi connectivity index (χ1n) is 6.72. The maximum Gasteiger partial charge on any atom is 0.179 e. The van der Waals surface area contributed by atoms with Crippen LogP contribution in [0, 0.1) is 5.92 Å². The molecule has 106 valence electrons. The van der Waals surface area contributed by atoms with Crippen molar-refractivity contribution in [3.05, 3.63) is 24.3 Å². The number of halogens is 1. The van der Waals surface area contributed by atoms with Crippen LogP contribution in [0.3, 0.4) is 0 Å². The van der Waals surface area contributed by atoms with Crippen molar-refractivity contribution in [3.63, 3.8) is 0 Å². The van der Waals surface area contributed by atoms with Crippen molar-refractivity contribution in [1.29, 1.82) is 0 Å². The number of hydrogen-bond acceptors (Lipinski definition) is 4. The van der Waals surface area contributed by atoms with Gasteiger partial charge in [-0.05, 0) is 24.9 Å². The van der Waals surface area contributed by atoms with Crippen LogP contribution in [0.1, 0.15) is 25.1 Å². The van der Waals surface area contributed by atoms with Crippen LogP contribution in [-0.2, 0) is 0 Å². The molecule has 0 saturated carbocycles. The van der Waals surface area contributed by atoms with E-state index in [9.17, 15) is 0 Å². The summed E-state index contributed by atoms with van der Waals surface area (Å²) in [5.74, 6) is 2.07. The summed E-state index contributed by atoms with van der Waals surface area (Å²) in [4.78, 5) is 7.49. The van der Waals surface area contributed by atoms with Gasteiger partial charge < -0.3 is 10.3 Å². The monoisotopic (exact) mass is 292 g/mol. The fourth-order valence-corrected chi connectivity index (χ4v) is 2.97. The highest BCUT2D eigenvalue weighted by Crippen LogP contribution is 2.29. The molecule has 7 heteroatoms. The highest BCUT2D eigenvalue weighted by Gasteiger charge is 2.27. The number of H-pyrrole nitrogens is 1. The van der Waals surface area contributed by atoms with Crippen molar-refractivity contribution in [1.82, 2.24) is 29.9 Å². The Morgan fingerprint density at radius 3 is 3.10 bits per heavy atom. The molecule has 0 amide bonds.